The van der Waals surface area contributed by atoms with Crippen LogP contribution < -0.4 is 15.4 Å². The molecule has 3 aromatic carbocycles. The van der Waals surface area contributed by atoms with Gasteiger partial charge in [0.1, 0.15) is 17.3 Å². The number of nitrogens with zero attached hydrogens (tertiary/aromatic N) is 6. The Labute approximate surface area is 422 Å². The summed E-state index contributed by atoms with van der Waals surface area (Å²) in [6.07, 6.45) is 7.59. The minimum absolute atomic E-state index is 0.00603. The average molecular weight is 982 g/mol. The van der Waals surface area contributed by atoms with E-state index in [1.54, 1.807) is 0 Å². The fourth-order valence-corrected chi connectivity index (χ4v) is 15.1. The lowest BCUT2D eigenvalue weighted by atomic mass is 9.54. The molecule has 1 saturated carbocycles. The molecule has 5 heterocycles. The van der Waals surface area contributed by atoms with E-state index >= 15 is 4.79 Å². The lowest BCUT2D eigenvalue weighted by Gasteiger charge is -2.57. The molecule has 5 aliphatic rings. The highest BCUT2D eigenvalue weighted by molar-refractivity contribution is 6.31. The average Bonchev–Trinajstić information content (AvgIpc) is 3.99. The molecule has 9 rings (SSSR count). The van der Waals surface area contributed by atoms with Crippen molar-refractivity contribution < 1.29 is 14.3 Å². The standard InChI is InChI=1S/C56H78Cl2N8O3/c1-12-37(13-2)44-28-49-55(14-3)52(44)63(8)34(4)29-59-48-27-42(25-36-15-20-40(57)21-16-36)64(9)53-45(33-68-11)61-51(56(48,53)54(55)67)35(5)66(49)31-39-17-22-41(58)26-47(39)69-43-23-18-38(19-24-43)46-30-60-50(65(46)10)32-62(6)7/h15-24,26,30,34-35,37,42,44-45,48-49,51-53,59,61H,12-14,25,27-29,31-33H2,1-11H3/t34-,35-,42-,44-,45+,48?,49?,51?,52?,53?,55?,56?/m0/s1. The summed E-state index contributed by atoms with van der Waals surface area (Å²) in [5, 5.41) is 9.85. The topological polar surface area (TPSA) is 90.4 Å². The number of ketones is 1. The van der Waals surface area contributed by atoms with Gasteiger partial charge in [0.15, 0.2) is 5.78 Å². The van der Waals surface area contributed by atoms with Gasteiger partial charge in [-0.05, 0) is 134 Å². The summed E-state index contributed by atoms with van der Waals surface area (Å²) < 4.78 is 15.2. The van der Waals surface area contributed by atoms with Crippen LogP contribution in [0.3, 0.4) is 0 Å². The van der Waals surface area contributed by atoms with Crippen molar-refractivity contribution in [1.82, 2.24) is 39.8 Å². The van der Waals surface area contributed by atoms with Crippen LogP contribution in [0.5, 0.6) is 11.5 Å². The summed E-state index contributed by atoms with van der Waals surface area (Å²) >= 11 is 13.3. The van der Waals surface area contributed by atoms with Gasteiger partial charge in [0.2, 0.25) is 0 Å². The van der Waals surface area contributed by atoms with Crippen LogP contribution in [0.25, 0.3) is 11.3 Å². The first-order valence-corrected chi connectivity index (χ1v) is 26.6. The van der Waals surface area contributed by atoms with E-state index in [1.807, 2.05) is 49.7 Å². The fourth-order valence-electron chi connectivity index (χ4n) is 14.8. The minimum atomic E-state index is -0.745. The summed E-state index contributed by atoms with van der Waals surface area (Å²) in [5.41, 5.74) is 3.04. The minimum Gasteiger partial charge on any atom is -0.457 e. The van der Waals surface area contributed by atoms with Gasteiger partial charge >= 0.3 is 0 Å². The van der Waals surface area contributed by atoms with E-state index < -0.39 is 10.8 Å². The second-order valence-electron chi connectivity index (χ2n) is 21.8. The third kappa shape index (κ3) is 8.61. The Hall–Kier alpha value is -3.36. The van der Waals surface area contributed by atoms with Gasteiger partial charge in [-0.15, -0.1) is 0 Å². The fraction of sp³-hybridized carbons (Fsp3) is 0.607. The number of carbonyl (C=O) groups excluding carboxylic acids is 1. The van der Waals surface area contributed by atoms with Crippen molar-refractivity contribution in [2.45, 2.75) is 141 Å². The van der Waals surface area contributed by atoms with Crippen molar-refractivity contribution in [3.63, 3.8) is 0 Å². The van der Waals surface area contributed by atoms with E-state index in [0.29, 0.717) is 35.8 Å². The monoisotopic (exact) mass is 981 g/mol. The van der Waals surface area contributed by atoms with Crippen molar-refractivity contribution in [1.29, 1.82) is 0 Å². The van der Waals surface area contributed by atoms with Gasteiger partial charge in [-0.2, -0.15) is 0 Å². The molecule has 2 N–H and O–H groups in total. The van der Waals surface area contributed by atoms with Gasteiger partial charge in [0, 0.05) is 103 Å². The van der Waals surface area contributed by atoms with Gasteiger partial charge < -0.3 is 29.6 Å². The zero-order valence-electron chi connectivity index (χ0n) is 43.0. The Morgan fingerprint density at radius 2 is 1.62 bits per heavy atom. The van der Waals surface area contributed by atoms with Gasteiger partial charge in [-0.1, -0.05) is 75.0 Å². The molecule has 11 nitrogen and oxygen atoms in total. The number of benzene rings is 3. The molecule has 1 aliphatic carbocycles. The number of likely N-dealkylation sites (N-methyl/N-ethyl adjacent to an activating group) is 2. The molecular weight excluding hydrogens is 904 g/mol. The SMILES string of the molecule is CCC(CC)[C@@H]1CC2N(Cc3ccc(Cl)cc3Oc3ccc(-c4cnc(CN(C)C)n4C)cc3)[C@@H](C)C3N[C@H](COC)C4N(C)[C@@H](Cc5ccc(Cl)cc5)CC5NC[C@H](C)N(C)C1C2(CC)C(=O)C534. The highest BCUT2D eigenvalue weighted by Gasteiger charge is 2.77. The number of likely N-dealkylation sites (tertiary alicyclic amines) is 2. The zero-order valence-corrected chi connectivity index (χ0v) is 44.5. The summed E-state index contributed by atoms with van der Waals surface area (Å²) in [4.78, 5) is 32.3. The summed E-state index contributed by atoms with van der Waals surface area (Å²) in [6.45, 7) is 14.6. The molecule has 5 fully saturated rings. The molecule has 0 radical (unpaired) electrons. The third-order valence-electron chi connectivity index (χ3n) is 18.2. The maximum atomic E-state index is 17.4. The predicted octanol–water partition coefficient (Wildman–Crippen LogP) is 9.19. The maximum absolute atomic E-state index is 17.4. The largest absolute Gasteiger partial charge is 0.457 e. The van der Waals surface area contributed by atoms with Crippen LogP contribution >= 0.6 is 23.2 Å². The number of hydrogen-bond acceptors (Lipinski definition) is 10. The second-order valence-corrected chi connectivity index (χ2v) is 22.6. The molecule has 69 heavy (non-hydrogen) atoms. The van der Waals surface area contributed by atoms with Gasteiger partial charge in [0.25, 0.3) is 0 Å². The Balaban J connectivity index is 1.16. The van der Waals surface area contributed by atoms with Crippen LogP contribution in [0, 0.1) is 22.7 Å². The van der Waals surface area contributed by atoms with E-state index in [0.717, 1.165) is 90.8 Å². The Morgan fingerprint density at radius 3 is 2.29 bits per heavy atom. The van der Waals surface area contributed by atoms with Crippen LogP contribution in [0.2, 0.25) is 10.0 Å². The number of aromatic nitrogens is 2. The number of ether oxygens (including phenoxy) is 2. The van der Waals surface area contributed by atoms with E-state index in [2.05, 4.69) is 135 Å². The van der Waals surface area contributed by atoms with Crippen molar-refractivity contribution in [3.8, 4) is 22.8 Å². The Kier molecular flexibility index (Phi) is 14.9. The molecule has 4 saturated heterocycles. The number of rotatable bonds is 15. The van der Waals surface area contributed by atoms with E-state index in [4.69, 9.17) is 37.7 Å². The van der Waals surface area contributed by atoms with Gasteiger partial charge in [-0.25, -0.2) is 4.98 Å². The second kappa shape index (κ2) is 20.3. The normalized spacial score (nSPS) is 32.8. The zero-order chi connectivity index (χ0) is 49.1. The molecular formula is C56H78Cl2N8O3. The van der Waals surface area contributed by atoms with Gasteiger partial charge in [-0.3, -0.25) is 19.5 Å². The number of nitrogens with one attached hydrogen (secondary N) is 2. The number of halogens is 2. The summed E-state index contributed by atoms with van der Waals surface area (Å²) in [6, 6.07) is 22.8. The van der Waals surface area contributed by atoms with Crippen molar-refractivity contribution in [2.75, 3.05) is 48.5 Å². The predicted molar refractivity (Wildman–Crippen MR) is 279 cm³/mol. The van der Waals surface area contributed by atoms with Crippen LogP contribution in [0.4, 0.5) is 0 Å². The van der Waals surface area contributed by atoms with Crippen LogP contribution in [0.1, 0.15) is 83.7 Å². The number of imidazole rings is 1. The van der Waals surface area contributed by atoms with Crippen molar-refractivity contribution in [2.24, 2.45) is 29.7 Å². The lowest BCUT2D eigenvalue weighted by Crippen LogP contribution is -2.73. The smallest absolute Gasteiger partial charge is 0.153 e. The molecule has 12 atom stereocenters. The summed E-state index contributed by atoms with van der Waals surface area (Å²) in [5.74, 6) is 3.78. The van der Waals surface area contributed by atoms with Gasteiger partial charge in [0.05, 0.1) is 35.9 Å². The van der Waals surface area contributed by atoms with Crippen LogP contribution in [-0.4, -0.2) is 138 Å². The Bertz CT molecular complexity index is 2430. The number of hydrogen-bond donors (Lipinski definition) is 2. The van der Waals surface area contributed by atoms with E-state index in [1.165, 1.54) is 5.56 Å². The molecule has 1 spiro atoms. The number of carbonyl (C=O) groups is 1. The first-order chi connectivity index (χ1) is 33.1. The highest BCUT2D eigenvalue weighted by Crippen LogP contribution is 2.63. The number of Topliss-reactive ketones (excluding diaryl/α,β-unsaturated/α-hetero) is 1. The van der Waals surface area contributed by atoms with Crippen LogP contribution in [-0.2, 0) is 36.1 Å². The molecule has 2 bridgehead atoms. The third-order valence-corrected chi connectivity index (χ3v) is 18.7. The van der Waals surface area contributed by atoms with E-state index in [9.17, 15) is 0 Å². The first kappa shape index (κ1) is 50.6. The molecule has 7 unspecified atom stereocenters. The molecule has 13 heteroatoms. The first-order valence-electron chi connectivity index (χ1n) is 25.8. The Morgan fingerprint density at radius 1 is 0.913 bits per heavy atom. The van der Waals surface area contributed by atoms with Crippen molar-refractivity contribution in [3.05, 3.63) is 99.9 Å². The number of methoxy groups -OCH3 is 1. The van der Waals surface area contributed by atoms with Crippen LogP contribution in [0.15, 0.2) is 72.9 Å². The quantitative estimate of drug-likeness (QED) is 0.120. The van der Waals surface area contributed by atoms with E-state index in [-0.39, 0.29) is 54.4 Å². The molecule has 1 aromatic heterocycles. The maximum Gasteiger partial charge on any atom is 0.153 e. The molecule has 0 amide bonds. The molecule has 4 aromatic rings. The number of piperidine rings is 1. The molecule has 374 valence electrons. The lowest BCUT2D eigenvalue weighted by molar-refractivity contribution is -0.155. The van der Waals surface area contributed by atoms with Crippen molar-refractivity contribution >= 4 is 29.0 Å². The highest BCUT2D eigenvalue weighted by atomic mass is 35.5. The molecule has 4 aliphatic heterocycles. The summed E-state index contributed by atoms with van der Waals surface area (Å²) in [7, 11) is 12.6.